The Labute approximate surface area is 307 Å². The molecule has 9 nitrogen and oxygen atoms in total. The summed E-state index contributed by atoms with van der Waals surface area (Å²) in [6, 6.07) is 0. The second kappa shape index (κ2) is 33.3. The van der Waals surface area contributed by atoms with Crippen LogP contribution in [0.25, 0.3) is 0 Å². The Kier molecular flexibility index (Phi) is 32.3. The average molecular weight is 731 g/mol. The molecule has 10 heteroatoms. The van der Waals surface area contributed by atoms with Crippen molar-refractivity contribution >= 4 is 19.8 Å². The van der Waals surface area contributed by atoms with Crippen LogP contribution in [0.3, 0.4) is 0 Å². The van der Waals surface area contributed by atoms with E-state index in [1.807, 2.05) is 33.3 Å². The maximum atomic E-state index is 12.5. The van der Waals surface area contributed by atoms with Gasteiger partial charge >= 0.3 is 19.8 Å². The van der Waals surface area contributed by atoms with Gasteiger partial charge in [0.2, 0.25) is 0 Å². The number of quaternary nitrogens is 1. The Bertz CT molecular complexity index is 918. The largest absolute Gasteiger partial charge is 0.472 e. The van der Waals surface area contributed by atoms with Gasteiger partial charge in [-0.3, -0.25) is 13.8 Å². The van der Waals surface area contributed by atoms with Gasteiger partial charge in [0.1, 0.15) is 19.8 Å². The lowest BCUT2D eigenvalue weighted by Gasteiger charge is -2.24. The van der Waals surface area contributed by atoms with Crippen molar-refractivity contribution in [1.82, 2.24) is 0 Å². The van der Waals surface area contributed by atoms with Crippen molar-refractivity contribution in [2.75, 3.05) is 47.5 Å². The monoisotopic (exact) mass is 731 g/mol. The normalized spacial score (nSPS) is 14.0. The number of ether oxygens (including phenoxy) is 2. The summed E-state index contributed by atoms with van der Waals surface area (Å²) in [5.74, 6) is -1.05. The molecule has 1 N–H and O–H groups in total. The minimum Gasteiger partial charge on any atom is -0.462 e. The van der Waals surface area contributed by atoms with E-state index in [1.54, 1.807) is 6.08 Å². The highest BCUT2D eigenvalue weighted by atomic mass is 31.2. The van der Waals surface area contributed by atoms with Crippen molar-refractivity contribution in [2.24, 2.45) is 0 Å². The highest BCUT2D eigenvalue weighted by Crippen LogP contribution is 2.43. The summed E-state index contributed by atoms with van der Waals surface area (Å²) in [4.78, 5) is 35.0. The van der Waals surface area contributed by atoms with Crippen molar-refractivity contribution in [1.29, 1.82) is 0 Å². The van der Waals surface area contributed by atoms with Crippen LogP contribution >= 0.6 is 7.82 Å². The molecule has 0 aromatic heterocycles. The van der Waals surface area contributed by atoms with Crippen LogP contribution in [0, 0.1) is 0 Å². The predicted molar refractivity (Wildman–Crippen MR) is 206 cm³/mol. The maximum Gasteiger partial charge on any atom is 0.472 e. The fourth-order valence-corrected chi connectivity index (χ4v) is 6.13. The molecular weight excluding hydrogens is 653 g/mol. The summed E-state index contributed by atoms with van der Waals surface area (Å²) < 4.78 is 34.0. The van der Waals surface area contributed by atoms with Gasteiger partial charge in [0.25, 0.3) is 0 Å². The third-order valence-electron chi connectivity index (χ3n) is 8.59. The van der Waals surface area contributed by atoms with Crippen molar-refractivity contribution in [3.63, 3.8) is 0 Å². The van der Waals surface area contributed by atoms with Gasteiger partial charge in [-0.2, -0.15) is 0 Å². The predicted octanol–water partition coefficient (Wildman–Crippen LogP) is 10.8. The molecule has 0 heterocycles. The van der Waals surface area contributed by atoms with Crippen LogP contribution in [0.15, 0.2) is 24.3 Å². The van der Waals surface area contributed by atoms with E-state index in [4.69, 9.17) is 18.5 Å². The molecule has 0 bridgehead atoms. The molecule has 0 saturated carbocycles. The van der Waals surface area contributed by atoms with E-state index in [2.05, 4.69) is 13.8 Å². The van der Waals surface area contributed by atoms with E-state index in [-0.39, 0.29) is 19.6 Å². The second-order valence-electron chi connectivity index (χ2n) is 14.8. The number of rotatable bonds is 36. The van der Waals surface area contributed by atoms with Gasteiger partial charge in [0.05, 0.1) is 27.7 Å². The summed E-state index contributed by atoms with van der Waals surface area (Å²) in [5.41, 5.74) is 0. The van der Waals surface area contributed by atoms with E-state index in [9.17, 15) is 19.0 Å². The van der Waals surface area contributed by atoms with Gasteiger partial charge in [-0.05, 0) is 19.3 Å². The van der Waals surface area contributed by atoms with Gasteiger partial charge in [-0.1, -0.05) is 160 Å². The van der Waals surface area contributed by atoms with Crippen LogP contribution in [0.5, 0.6) is 0 Å². The topological polar surface area (TPSA) is 108 Å². The number of esters is 2. The van der Waals surface area contributed by atoms with Gasteiger partial charge in [-0.15, -0.1) is 0 Å². The summed E-state index contributed by atoms with van der Waals surface area (Å²) in [7, 11) is 1.43. The number of hydrogen-bond donors (Lipinski definition) is 1. The number of unbranched alkanes of at least 4 members (excludes halogenated alkanes) is 21. The molecule has 0 radical (unpaired) electrons. The van der Waals surface area contributed by atoms with Crippen molar-refractivity contribution in [3.8, 4) is 0 Å². The Balaban J connectivity index is 4.52. The smallest absolute Gasteiger partial charge is 0.462 e. The van der Waals surface area contributed by atoms with E-state index >= 15 is 0 Å². The number of likely N-dealkylation sites (N-methyl/N-ethyl adjacent to an activating group) is 1. The number of nitrogens with zero attached hydrogens (tertiary/aromatic N) is 1. The quantitative estimate of drug-likeness (QED) is 0.0169. The van der Waals surface area contributed by atoms with Crippen LogP contribution in [-0.2, 0) is 32.7 Å². The minimum atomic E-state index is -4.39. The average Bonchev–Trinajstić information content (AvgIpc) is 3.06. The summed E-state index contributed by atoms with van der Waals surface area (Å²) in [6.45, 7) is 4.28. The number of phosphoric acid groups is 1. The fraction of sp³-hybridized carbons (Fsp3) is 0.850. The van der Waals surface area contributed by atoms with E-state index in [0.717, 1.165) is 32.1 Å². The third-order valence-corrected chi connectivity index (χ3v) is 9.58. The first-order valence-electron chi connectivity index (χ1n) is 20.1. The maximum absolute atomic E-state index is 12.5. The van der Waals surface area contributed by atoms with Gasteiger partial charge in [0.15, 0.2) is 6.10 Å². The molecule has 2 atom stereocenters. The molecule has 0 spiro atoms. The molecular formula is C40H77NO8P+. The van der Waals surface area contributed by atoms with Crippen LogP contribution < -0.4 is 0 Å². The van der Waals surface area contributed by atoms with E-state index in [1.165, 1.54) is 122 Å². The molecule has 0 aromatic carbocycles. The summed E-state index contributed by atoms with van der Waals surface area (Å²) in [6.07, 6.45) is 34.3. The van der Waals surface area contributed by atoms with Crippen LogP contribution in [-0.4, -0.2) is 74.9 Å². The molecule has 0 amide bonds. The molecule has 0 saturated heterocycles. The zero-order valence-corrected chi connectivity index (χ0v) is 33.8. The highest BCUT2D eigenvalue weighted by molar-refractivity contribution is 7.47. The molecule has 0 aliphatic heterocycles. The van der Waals surface area contributed by atoms with E-state index < -0.39 is 32.5 Å². The molecule has 0 aromatic rings. The van der Waals surface area contributed by atoms with Crippen LogP contribution in [0.2, 0.25) is 0 Å². The lowest BCUT2D eigenvalue weighted by atomic mass is 10.1. The minimum absolute atomic E-state index is 0.0178. The first-order valence-corrected chi connectivity index (χ1v) is 21.6. The summed E-state index contributed by atoms with van der Waals surface area (Å²) >= 11 is 0. The highest BCUT2D eigenvalue weighted by Gasteiger charge is 2.26. The van der Waals surface area contributed by atoms with Crippen molar-refractivity contribution < 1.29 is 42.1 Å². The Morgan fingerprint density at radius 2 is 1.14 bits per heavy atom. The zero-order valence-electron chi connectivity index (χ0n) is 32.9. The van der Waals surface area contributed by atoms with Crippen LogP contribution in [0.1, 0.15) is 168 Å². The van der Waals surface area contributed by atoms with Gasteiger partial charge in [0, 0.05) is 12.5 Å². The number of allylic oxidation sites excluding steroid dienone is 3. The molecule has 0 aliphatic carbocycles. The number of carbonyl (C=O) groups excluding carboxylic acids is 2. The molecule has 50 heavy (non-hydrogen) atoms. The molecule has 294 valence electrons. The summed E-state index contributed by atoms with van der Waals surface area (Å²) in [5, 5.41) is 0. The fourth-order valence-electron chi connectivity index (χ4n) is 5.39. The first-order chi connectivity index (χ1) is 24.0. The van der Waals surface area contributed by atoms with Crippen molar-refractivity contribution in [3.05, 3.63) is 24.3 Å². The van der Waals surface area contributed by atoms with Gasteiger partial charge in [-0.25, -0.2) is 9.36 Å². The molecule has 0 fully saturated rings. The van der Waals surface area contributed by atoms with Gasteiger partial charge < -0.3 is 18.9 Å². The number of phosphoric ester groups is 1. The SMILES string of the molecule is CCCCCCCCCCCCC/C=C/C=C/C(=O)O[C@H](COC(=O)CCCCCCCCCCCCC)COP(=O)(O)OCC[N+](C)(C)C. The first kappa shape index (κ1) is 48.5. The molecule has 0 aliphatic rings. The standard InChI is InChI=1S/C40H76NO8P/c1-6-8-10-12-14-16-18-19-20-21-23-25-27-29-31-33-40(43)49-38(37-48-50(44,45)47-35-34-41(3,4)5)36-46-39(42)32-30-28-26-24-22-17-15-13-11-9-7-2/h27,29,31,33,38H,6-26,28,30,32,34-37H2,1-5H3/p+1/b29-27+,33-31+/t38-/m1/s1. The molecule has 0 rings (SSSR count). The van der Waals surface area contributed by atoms with Crippen molar-refractivity contribution in [2.45, 2.75) is 174 Å². The second-order valence-corrected chi connectivity index (χ2v) is 16.2. The van der Waals surface area contributed by atoms with E-state index in [0.29, 0.717) is 11.0 Å². The molecule has 1 unspecified atom stereocenters. The Hall–Kier alpha value is -1.51. The zero-order chi connectivity index (χ0) is 37.2. The Morgan fingerprint density at radius 3 is 1.64 bits per heavy atom. The van der Waals surface area contributed by atoms with Crippen LogP contribution in [0.4, 0.5) is 0 Å². The lowest BCUT2D eigenvalue weighted by Crippen LogP contribution is -2.37. The number of hydrogen-bond acceptors (Lipinski definition) is 7. The Morgan fingerprint density at radius 1 is 0.660 bits per heavy atom. The third kappa shape index (κ3) is 36.3. The number of carbonyl (C=O) groups is 2. The lowest BCUT2D eigenvalue weighted by molar-refractivity contribution is -0.870.